The van der Waals surface area contributed by atoms with Crippen molar-refractivity contribution < 1.29 is 19.4 Å². The summed E-state index contributed by atoms with van der Waals surface area (Å²) < 4.78 is 7.09. The molecular weight excluding hydrogens is 274 g/mol. The third-order valence-electron chi connectivity index (χ3n) is 3.03. The number of aromatic nitrogens is 2. The van der Waals surface area contributed by atoms with Crippen molar-refractivity contribution in [3.8, 4) is 5.75 Å². The van der Waals surface area contributed by atoms with Gasteiger partial charge in [0.2, 0.25) is 0 Å². The Bertz CT molecular complexity index is 549. The van der Waals surface area contributed by atoms with Gasteiger partial charge in [0.15, 0.2) is 12.4 Å². The molecule has 7 heteroatoms. The van der Waals surface area contributed by atoms with Crippen LogP contribution in [0, 0.1) is 13.8 Å². The largest absolute Gasteiger partial charge is 0.480 e. The standard InChI is InChI=1S/C14H21N3O4/c1-5-6-7-11(14(19)20)15-12(18)8-21-13-9(2)16-17(4)10(13)3/h5-6,11H,7-8H2,1-4H3,(H,15,18)(H,19,20)/b6-5+. The van der Waals surface area contributed by atoms with Gasteiger partial charge in [0, 0.05) is 7.05 Å². The molecule has 2 N–H and O–H groups in total. The van der Waals surface area contributed by atoms with Crippen LogP contribution in [0.4, 0.5) is 0 Å². The molecule has 0 aliphatic rings. The molecular formula is C14H21N3O4. The Kier molecular flexibility index (Phi) is 5.95. The summed E-state index contributed by atoms with van der Waals surface area (Å²) in [7, 11) is 1.78. The van der Waals surface area contributed by atoms with E-state index in [0.29, 0.717) is 11.4 Å². The first-order valence-electron chi connectivity index (χ1n) is 6.63. The van der Waals surface area contributed by atoms with Crippen molar-refractivity contribution in [1.29, 1.82) is 0 Å². The van der Waals surface area contributed by atoms with Gasteiger partial charge in [-0.15, -0.1) is 0 Å². The fourth-order valence-electron chi connectivity index (χ4n) is 1.83. The van der Waals surface area contributed by atoms with E-state index in [1.165, 1.54) is 0 Å². The lowest BCUT2D eigenvalue weighted by atomic mass is 10.2. The molecule has 7 nitrogen and oxygen atoms in total. The Morgan fingerprint density at radius 3 is 2.62 bits per heavy atom. The first kappa shape index (κ1) is 16.7. The first-order chi connectivity index (χ1) is 9.86. The van der Waals surface area contributed by atoms with Crippen molar-refractivity contribution in [3.05, 3.63) is 23.5 Å². The van der Waals surface area contributed by atoms with Gasteiger partial charge in [-0.05, 0) is 27.2 Å². The van der Waals surface area contributed by atoms with E-state index in [1.807, 2.05) is 6.92 Å². The minimum atomic E-state index is -1.07. The van der Waals surface area contributed by atoms with Crippen LogP contribution in [0.3, 0.4) is 0 Å². The van der Waals surface area contributed by atoms with E-state index in [4.69, 9.17) is 9.84 Å². The van der Waals surface area contributed by atoms with Gasteiger partial charge in [-0.25, -0.2) is 4.79 Å². The van der Waals surface area contributed by atoms with Crippen molar-refractivity contribution in [2.75, 3.05) is 6.61 Å². The topological polar surface area (TPSA) is 93.5 Å². The lowest BCUT2D eigenvalue weighted by Gasteiger charge is -2.13. The van der Waals surface area contributed by atoms with Gasteiger partial charge in [-0.3, -0.25) is 9.48 Å². The molecule has 0 radical (unpaired) electrons. The number of ether oxygens (including phenoxy) is 1. The van der Waals surface area contributed by atoms with Gasteiger partial charge in [-0.1, -0.05) is 12.2 Å². The summed E-state index contributed by atoms with van der Waals surface area (Å²) in [5.74, 6) is -1.00. The number of hydrogen-bond acceptors (Lipinski definition) is 4. The molecule has 0 spiro atoms. The molecule has 0 aliphatic carbocycles. The van der Waals surface area contributed by atoms with Crippen LogP contribution >= 0.6 is 0 Å². The summed E-state index contributed by atoms with van der Waals surface area (Å²) in [4.78, 5) is 22.8. The number of carboxylic acid groups (broad SMARTS) is 1. The predicted octanol–water partition coefficient (Wildman–Crippen LogP) is 0.951. The number of nitrogens with one attached hydrogen (secondary N) is 1. The van der Waals surface area contributed by atoms with Crippen LogP contribution in [0.15, 0.2) is 12.2 Å². The molecule has 0 aliphatic heterocycles. The van der Waals surface area contributed by atoms with Crippen molar-refractivity contribution in [2.45, 2.75) is 33.2 Å². The number of rotatable bonds is 7. The third kappa shape index (κ3) is 4.62. The quantitative estimate of drug-likeness (QED) is 0.731. The summed E-state index contributed by atoms with van der Waals surface area (Å²) in [6, 6.07) is -0.951. The molecule has 0 saturated carbocycles. The Morgan fingerprint density at radius 1 is 1.48 bits per heavy atom. The molecule has 1 unspecified atom stereocenters. The zero-order valence-electron chi connectivity index (χ0n) is 12.7. The van der Waals surface area contributed by atoms with Crippen LogP contribution in [0.2, 0.25) is 0 Å². The van der Waals surface area contributed by atoms with E-state index < -0.39 is 17.9 Å². The number of allylic oxidation sites excluding steroid dienone is 1. The van der Waals surface area contributed by atoms with Gasteiger partial charge >= 0.3 is 5.97 Å². The molecule has 1 aromatic rings. The second-order valence-electron chi connectivity index (χ2n) is 4.68. The summed E-state index contributed by atoms with van der Waals surface area (Å²) in [6.45, 7) is 5.16. The zero-order chi connectivity index (χ0) is 16.0. The first-order valence-corrected chi connectivity index (χ1v) is 6.63. The number of aryl methyl sites for hydroxylation is 2. The second kappa shape index (κ2) is 7.47. The van der Waals surface area contributed by atoms with Gasteiger partial charge in [0.25, 0.3) is 5.91 Å². The van der Waals surface area contributed by atoms with Gasteiger partial charge < -0.3 is 15.2 Å². The number of amides is 1. The van der Waals surface area contributed by atoms with Gasteiger partial charge in [0.05, 0.1) is 5.69 Å². The molecule has 1 atom stereocenters. The minimum absolute atomic E-state index is 0.239. The van der Waals surface area contributed by atoms with E-state index in [1.54, 1.807) is 37.7 Å². The molecule has 1 amide bonds. The van der Waals surface area contributed by atoms with Crippen molar-refractivity contribution >= 4 is 11.9 Å². The summed E-state index contributed by atoms with van der Waals surface area (Å²) >= 11 is 0. The highest BCUT2D eigenvalue weighted by Crippen LogP contribution is 2.20. The summed E-state index contributed by atoms with van der Waals surface area (Å²) in [6.07, 6.45) is 3.67. The highest BCUT2D eigenvalue weighted by molar-refractivity contribution is 5.84. The average Bonchev–Trinajstić information content (AvgIpc) is 2.66. The lowest BCUT2D eigenvalue weighted by molar-refractivity contribution is -0.142. The molecule has 21 heavy (non-hydrogen) atoms. The number of carboxylic acids is 1. The van der Waals surface area contributed by atoms with Crippen LogP contribution in [-0.2, 0) is 16.6 Å². The molecule has 0 bridgehead atoms. The molecule has 1 heterocycles. The molecule has 1 aromatic heterocycles. The van der Waals surface area contributed by atoms with Crippen molar-refractivity contribution in [3.63, 3.8) is 0 Å². The van der Waals surface area contributed by atoms with Crippen molar-refractivity contribution in [1.82, 2.24) is 15.1 Å². The second-order valence-corrected chi connectivity index (χ2v) is 4.68. The summed E-state index contributed by atoms with van der Waals surface area (Å²) in [5.41, 5.74) is 1.50. The monoisotopic (exact) mass is 295 g/mol. The van der Waals surface area contributed by atoms with Crippen LogP contribution in [-0.4, -0.2) is 39.4 Å². The average molecular weight is 295 g/mol. The molecule has 0 aromatic carbocycles. The maximum Gasteiger partial charge on any atom is 0.326 e. The molecule has 0 saturated heterocycles. The van der Waals surface area contributed by atoms with Crippen LogP contribution < -0.4 is 10.1 Å². The minimum Gasteiger partial charge on any atom is -0.480 e. The molecule has 0 fully saturated rings. The van der Waals surface area contributed by atoms with E-state index >= 15 is 0 Å². The fourth-order valence-corrected chi connectivity index (χ4v) is 1.83. The third-order valence-corrected chi connectivity index (χ3v) is 3.03. The van der Waals surface area contributed by atoms with Crippen LogP contribution in [0.1, 0.15) is 24.7 Å². The maximum absolute atomic E-state index is 11.8. The van der Waals surface area contributed by atoms with E-state index in [2.05, 4.69) is 10.4 Å². The Balaban J connectivity index is 2.58. The summed E-state index contributed by atoms with van der Waals surface area (Å²) in [5, 5.41) is 15.6. The smallest absolute Gasteiger partial charge is 0.326 e. The maximum atomic E-state index is 11.8. The van der Waals surface area contributed by atoms with Crippen molar-refractivity contribution in [2.24, 2.45) is 7.05 Å². The Labute approximate surface area is 123 Å². The van der Waals surface area contributed by atoms with E-state index in [9.17, 15) is 9.59 Å². The van der Waals surface area contributed by atoms with E-state index in [0.717, 1.165) is 5.69 Å². The highest BCUT2D eigenvalue weighted by Gasteiger charge is 2.19. The highest BCUT2D eigenvalue weighted by atomic mass is 16.5. The SMILES string of the molecule is C/C=C/CC(NC(=O)COc1c(C)nn(C)c1C)C(=O)O. The Hall–Kier alpha value is -2.31. The number of hydrogen-bond donors (Lipinski definition) is 2. The fraction of sp³-hybridized carbons (Fsp3) is 0.500. The van der Waals surface area contributed by atoms with Gasteiger partial charge in [-0.2, -0.15) is 5.10 Å². The number of carbonyl (C=O) groups is 2. The zero-order valence-corrected chi connectivity index (χ0v) is 12.7. The molecule has 1 rings (SSSR count). The molecule has 116 valence electrons. The van der Waals surface area contributed by atoms with E-state index in [-0.39, 0.29) is 13.0 Å². The lowest BCUT2D eigenvalue weighted by Crippen LogP contribution is -2.42. The number of carbonyl (C=O) groups excluding carboxylic acids is 1. The van der Waals surface area contributed by atoms with Crippen LogP contribution in [0.5, 0.6) is 5.75 Å². The van der Waals surface area contributed by atoms with Gasteiger partial charge in [0.1, 0.15) is 11.7 Å². The Morgan fingerprint density at radius 2 is 2.14 bits per heavy atom. The number of aliphatic carboxylic acids is 1. The van der Waals surface area contributed by atoms with Crippen LogP contribution in [0.25, 0.3) is 0 Å². The predicted molar refractivity (Wildman–Crippen MR) is 77.2 cm³/mol. The normalized spacial score (nSPS) is 12.4. The number of nitrogens with zero attached hydrogens (tertiary/aromatic N) is 2.